The van der Waals surface area contributed by atoms with Crippen molar-refractivity contribution < 1.29 is 13.2 Å². The van der Waals surface area contributed by atoms with Crippen LogP contribution >= 0.6 is 23.2 Å². The zero-order chi connectivity index (χ0) is 26.6. The van der Waals surface area contributed by atoms with Gasteiger partial charge in [-0.05, 0) is 80.5 Å². The number of carbonyl (C=O) groups excluding carboxylic acids is 1. The van der Waals surface area contributed by atoms with E-state index in [1.807, 2.05) is 6.20 Å². The summed E-state index contributed by atoms with van der Waals surface area (Å²) in [6.07, 6.45) is 6.58. The Kier molecular flexibility index (Phi) is 8.67. The maximum absolute atomic E-state index is 13.0. The number of H-pyrrole nitrogens is 1. The van der Waals surface area contributed by atoms with Gasteiger partial charge in [-0.3, -0.25) is 4.79 Å². The maximum atomic E-state index is 13.0. The molecule has 1 saturated heterocycles. The first-order chi connectivity index (χ1) is 17.6. The van der Waals surface area contributed by atoms with Crippen molar-refractivity contribution in [2.75, 3.05) is 35.7 Å². The van der Waals surface area contributed by atoms with Crippen LogP contribution in [0.3, 0.4) is 0 Å². The molecule has 8 nitrogen and oxygen atoms in total. The van der Waals surface area contributed by atoms with E-state index >= 15 is 0 Å². The number of amides is 1. The van der Waals surface area contributed by atoms with Gasteiger partial charge >= 0.3 is 0 Å². The minimum absolute atomic E-state index is 0.210. The number of rotatable bonds is 9. The molecule has 0 aliphatic carbocycles. The zero-order valence-corrected chi connectivity index (χ0v) is 23.2. The van der Waals surface area contributed by atoms with Crippen molar-refractivity contribution in [1.82, 2.24) is 15.3 Å². The molecular weight excluding hydrogens is 533 g/mol. The first kappa shape index (κ1) is 27.3. The van der Waals surface area contributed by atoms with Gasteiger partial charge in [0.15, 0.2) is 9.84 Å². The molecule has 3 N–H and O–H groups in total. The molecule has 0 bridgehead atoms. The fraction of sp³-hybridized carbons (Fsp3) is 0.385. The van der Waals surface area contributed by atoms with E-state index in [0.29, 0.717) is 44.9 Å². The highest BCUT2D eigenvalue weighted by Gasteiger charge is 2.21. The summed E-state index contributed by atoms with van der Waals surface area (Å²) in [5.41, 5.74) is 2.05. The summed E-state index contributed by atoms with van der Waals surface area (Å²) in [6, 6.07) is 8.01. The smallest absolute Gasteiger partial charge is 0.251 e. The molecule has 1 aliphatic heterocycles. The Balaban J connectivity index is 1.30. The second-order valence-electron chi connectivity index (χ2n) is 9.39. The van der Waals surface area contributed by atoms with Crippen molar-refractivity contribution in [1.29, 1.82) is 0 Å². The van der Waals surface area contributed by atoms with E-state index in [1.54, 1.807) is 50.4 Å². The fourth-order valence-corrected chi connectivity index (χ4v) is 6.31. The predicted octanol–water partition coefficient (Wildman–Crippen LogP) is 5.21. The molecule has 1 fully saturated rings. The summed E-state index contributed by atoms with van der Waals surface area (Å²) in [5.74, 6) is 0.861. The number of hydrogen-bond acceptors (Lipinski definition) is 6. The minimum atomic E-state index is -3.66. The van der Waals surface area contributed by atoms with Gasteiger partial charge in [0.05, 0.1) is 15.6 Å². The van der Waals surface area contributed by atoms with Gasteiger partial charge in [-0.1, -0.05) is 23.2 Å². The van der Waals surface area contributed by atoms with Crippen LogP contribution in [0, 0.1) is 19.8 Å². The van der Waals surface area contributed by atoms with Crippen LogP contribution in [0.2, 0.25) is 10.0 Å². The number of anilines is 2. The van der Waals surface area contributed by atoms with Crippen LogP contribution in [0.15, 0.2) is 47.6 Å². The number of piperidine rings is 1. The summed E-state index contributed by atoms with van der Waals surface area (Å²) in [6.45, 7) is 5.92. The lowest BCUT2D eigenvalue weighted by Crippen LogP contribution is -2.35. The Labute approximate surface area is 227 Å². The highest BCUT2D eigenvalue weighted by molar-refractivity contribution is 7.91. The number of halogens is 2. The molecule has 4 rings (SSSR count). The molecule has 2 heterocycles. The van der Waals surface area contributed by atoms with Crippen molar-refractivity contribution in [2.45, 2.75) is 38.0 Å². The van der Waals surface area contributed by atoms with Crippen LogP contribution in [0.25, 0.3) is 0 Å². The van der Waals surface area contributed by atoms with Crippen LogP contribution in [0.1, 0.15) is 40.7 Å². The number of benzene rings is 2. The predicted molar refractivity (Wildman–Crippen MR) is 149 cm³/mol. The molecule has 1 amide bonds. The lowest BCUT2D eigenvalue weighted by atomic mass is 9.93. The molecule has 0 saturated carbocycles. The molecule has 37 heavy (non-hydrogen) atoms. The van der Waals surface area contributed by atoms with E-state index in [2.05, 4.69) is 25.5 Å². The van der Waals surface area contributed by atoms with E-state index in [-0.39, 0.29) is 16.7 Å². The van der Waals surface area contributed by atoms with Gasteiger partial charge in [0.1, 0.15) is 5.88 Å². The number of nitrogens with one attached hydrogen (secondary N) is 3. The second kappa shape index (κ2) is 11.8. The molecule has 0 radical (unpaired) electrons. The van der Waals surface area contributed by atoms with E-state index in [1.165, 1.54) is 0 Å². The summed E-state index contributed by atoms with van der Waals surface area (Å²) < 4.78 is 25.9. The Morgan fingerprint density at radius 1 is 1.11 bits per heavy atom. The van der Waals surface area contributed by atoms with Gasteiger partial charge in [0.2, 0.25) is 5.95 Å². The number of imidazole rings is 1. The lowest BCUT2D eigenvalue weighted by Gasteiger charge is -2.31. The Morgan fingerprint density at radius 2 is 1.86 bits per heavy atom. The van der Waals surface area contributed by atoms with E-state index < -0.39 is 9.84 Å². The number of carbonyl (C=O) groups is 1. The summed E-state index contributed by atoms with van der Waals surface area (Å²) in [5, 5.41) is 6.71. The number of aromatic nitrogens is 2. The van der Waals surface area contributed by atoms with Gasteiger partial charge in [0.25, 0.3) is 5.91 Å². The highest BCUT2D eigenvalue weighted by Crippen LogP contribution is 2.27. The zero-order valence-electron chi connectivity index (χ0n) is 20.9. The molecular formula is C26H31Cl2N5O3S. The number of aryl methyl sites for hydroxylation is 2. The van der Waals surface area contributed by atoms with Crippen LogP contribution in [0.4, 0.5) is 11.6 Å². The van der Waals surface area contributed by atoms with Crippen molar-refractivity contribution in [3.05, 3.63) is 69.5 Å². The largest absolute Gasteiger partial charge is 0.370 e. The van der Waals surface area contributed by atoms with E-state index in [0.717, 1.165) is 38.3 Å². The van der Waals surface area contributed by atoms with Gasteiger partial charge in [0, 0.05) is 42.6 Å². The molecule has 0 atom stereocenters. The summed E-state index contributed by atoms with van der Waals surface area (Å²) in [4.78, 5) is 22.7. The lowest BCUT2D eigenvalue weighted by molar-refractivity contribution is 0.0950. The molecule has 2 aromatic carbocycles. The molecule has 11 heteroatoms. The summed E-state index contributed by atoms with van der Waals surface area (Å²) >= 11 is 12.4. The van der Waals surface area contributed by atoms with Crippen molar-refractivity contribution in [3.63, 3.8) is 0 Å². The standard InChI is InChI=1S/C26H31Cl2N5O3S/c1-17-14-24(18(2)13-22(17)28)37(35,36)16-32-23-15-20(3-4-21(23)27)25(34)29-8-5-19-6-11-33(12-7-19)26-30-9-10-31-26/h3-4,9-10,13-15,19,32H,5-8,11-12,16H2,1-2H3,(H,29,34)(H,30,31). The number of hydrogen-bond donors (Lipinski definition) is 3. The topological polar surface area (TPSA) is 107 Å². The van der Waals surface area contributed by atoms with Gasteiger partial charge in [-0.2, -0.15) is 0 Å². The van der Waals surface area contributed by atoms with Crippen LogP contribution in [0.5, 0.6) is 0 Å². The Hall–Kier alpha value is -2.75. The second-order valence-corrected chi connectivity index (χ2v) is 12.2. The van der Waals surface area contributed by atoms with Crippen LogP contribution < -0.4 is 15.5 Å². The molecule has 198 valence electrons. The van der Waals surface area contributed by atoms with Gasteiger partial charge < -0.3 is 20.5 Å². The fourth-order valence-electron chi connectivity index (χ4n) is 4.50. The average Bonchev–Trinajstić information content (AvgIpc) is 3.41. The maximum Gasteiger partial charge on any atom is 0.251 e. The molecule has 0 unspecified atom stereocenters. The van der Waals surface area contributed by atoms with E-state index in [9.17, 15) is 13.2 Å². The SMILES string of the molecule is Cc1cc(S(=O)(=O)CNc2cc(C(=O)NCCC3CCN(c4ncc[nH]4)CC3)ccc2Cl)c(C)cc1Cl. The van der Waals surface area contributed by atoms with Gasteiger partial charge in [-0.25, -0.2) is 13.4 Å². The monoisotopic (exact) mass is 563 g/mol. The molecule has 3 aromatic rings. The van der Waals surface area contributed by atoms with Crippen LogP contribution in [-0.2, 0) is 9.84 Å². The summed E-state index contributed by atoms with van der Waals surface area (Å²) in [7, 11) is -3.66. The normalized spacial score (nSPS) is 14.5. The third-order valence-electron chi connectivity index (χ3n) is 6.71. The molecule has 1 aliphatic rings. The number of sulfone groups is 1. The van der Waals surface area contributed by atoms with Gasteiger partial charge in [-0.15, -0.1) is 0 Å². The number of nitrogens with zero attached hydrogens (tertiary/aromatic N) is 2. The van der Waals surface area contributed by atoms with Crippen molar-refractivity contribution in [3.8, 4) is 0 Å². The Morgan fingerprint density at radius 3 is 2.57 bits per heavy atom. The highest BCUT2D eigenvalue weighted by atomic mass is 35.5. The van der Waals surface area contributed by atoms with Crippen molar-refractivity contribution in [2.24, 2.45) is 5.92 Å². The molecule has 1 aromatic heterocycles. The van der Waals surface area contributed by atoms with Crippen LogP contribution in [-0.4, -0.2) is 49.8 Å². The molecule has 0 spiro atoms. The quantitative estimate of drug-likeness (QED) is 0.329. The third-order valence-corrected chi connectivity index (χ3v) is 9.08. The first-order valence-corrected chi connectivity index (χ1v) is 14.6. The average molecular weight is 565 g/mol. The van der Waals surface area contributed by atoms with Crippen molar-refractivity contribution >= 4 is 50.6 Å². The van der Waals surface area contributed by atoms with E-state index in [4.69, 9.17) is 23.2 Å². The first-order valence-electron chi connectivity index (χ1n) is 12.2. The Bertz CT molecular complexity index is 1350. The number of aromatic amines is 1. The minimum Gasteiger partial charge on any atom is -0.370 e. The third kappa shape index (κ3) is 6.77.